The maximum Gasteiger partial charge on any atom is 0.260 e. The van der Waals surface area contributed by atoms with Gasteiger partial charge in [0.25, 0.3) is 5.91 Å². The number of sulfonamides is 1. The Bertz CT molecular complexity index is 753. The molecular weight excluding hydrogens is 320 g/mol. The third kappa shape index (κ3) is 3.11. The highest BCUT2D eigenvalue weighted by Gasteiger charge is 2.36. The van der Waals surface area contributed by atoms with Crippen LogP contribution in [0.4, 0.5) is 0 Å². The first-order valence-electron chi connectivity index (χ1n) is 7.60. The summed E-state index contributed by atoms with van der Waals surface area (Å²) in [5.74, 6) is -0.535. The number of carbonyl (C=O) groups excluding carboxylic acids is 1. The summed E-state index contributed by atoms with van der Waals surface area (Å²) in [7, 11) is -3.34. The lowest BCUT2D eigenvalue weighted by atomic mass is 10.0. The van der Waals surface area contributed by atoms with Crippen LogP contribution < -0.4 is 0 Å². The Morgan fingerprint density at radius 2 is 2.22 bits per heavy atom. The van der Waals surface area contributed by atoms with Gasteiger partial charge in [-0.05, 0) is 25.8 Å². The summed E-state index contributed by atoms with van der Waals surface area (Å²) in [6.07, 6.45) is 7.05. The van der Waals surface area contributed by atoms with Crippen LogP contribution >= 0.6 is 0 Å². The quantitative estimate of drug-likeness (QED) is 0.816. The van der Waals surface area contributed by atoms with E-state index in [1.54, 1.807) is 19.1 Å². The number of hydrogen-bond acceptors (Lipinski definition) is 6. The van der Waals surface area contributed by atoms with Crippen molar-refractivity contribution in [2.45, 2.75) is 38.1 Å². The first-order valence-corrected chi connectivity index (χ1v) is 9.21. The van der Waals surface area contributed by atoms with E-state index in [4.69, 9.17) is 4.52 Å². The zero-order valence-corrected chi connectivity index (χ0v) is 13.6. The number of amides is 1. The minimum Gasteiger partial charge on any atom is -0.338 e. The molecule has 0 aliphatic carbocycles. The van der Waals surface area contributed by atoms with E-state index in [9.17, 15) is 13.2 Å². The van der Waals surface area contributed by atoms with Gasteiger partial charge in [-0.1, -0.05) is 17.7 Å². The van der Waals surface area contributed by atoms with Gasteiger partial charge in [0, 0.05) is 12.8 Å². The molecule has 0 aromatic carbocycles. The average Bonchev–Trinajstić information content (AvgIpc) is 3.05. The zero-order chi connectivity index (χ0) is 16.4. The summed E-state index contributed by atoms with van der Waals surface area (Å²) in [5.41, 5.74) is 0. The molecule has 2 atom stereocenters. The third-order valence-corrected chi connectivity index (χ3v) is 5.94. The molecule has 1 aromatic heterocycles. The molecule has 1 amide bonds. The SMILES string of the molecule is CCS(=O)(=O)N1CCCC[C@H]1c1nc(C2C=CC=NC2=O)no1. The fourth-order valence-electron chi connectivity index (χ4n) is 2.80. The number of allylic oxidation sites excluding steroid dienone is 1. The van der Waals surface area contributed by atoms with Crippen LogP contribution in [0.1, 0.15) is 49.9 Å². The number of piperidine rings is 1. The number of carbonyl (C=O) groups is 1. The van der Waals surface area contributed by atoms with E-state index >= 15 is 0 Å². The second-order valence-electron chi connectivity index (χ2n) is 5.49. The smallest absolute Gasteiger partial charge is 0.260 e. The molecule has 23 heavy (non-hydrogen) atoms. The molecule has 0 spiro atoms. The Kier molecular flexibility index (Phi) is 4.40. The van der Waals surface area contributed by atoms with Gasteiger partial charge in [-0.2, -0.15) is 9.29 Å². The lowest BCUT2D eigenvalue weighted by Crippen LogP contribution is -2.39. The summed E-state index contributed by atoms with van der Waals surface area (Å²) in [4.78, 5) is 19.7. The van der Waals surface area contributed by atoms with Crippen molar-refractivity contribution < 1.29 is 17.7 Å². The van der Waals surface area contributed by atoms with Gasteiger partial charge < -0.3 is 4.52 Å². The molecule has 1 unspecified atom stereocenters. The van der Waals surface area contributed by atoms with Gasteiger partial charge in [0.15, 0.2) is 5.82 Å². The van der Waals surface area contributed by atoms with Crippen molar-refractivity contribution >= 4 is 22.1 Å². The van der Waals surface area contributed by atoms with Crippen LogP contribution in [0.2, 0.25) is 0 Å². The van der Waals surface area contributed by atoms with Gasteiger partial charge in [0.1, 0.15) is 12.0 Å². The molecule has 3 rings (SSSR count). The maximum atomic E-state index is 12.3. The van der Waals surface area contributed by atoms with E-state index in [1.165, 1.54) is 10.5 Å². The fourth-order valence-corrected chi connectivity index (χ4v) is 4.12. The molecule has 2 aliphatic rings. The molecule has 1 saturated heterocycles. The molecule has 124 valence electrons. The zero-order valence-electron chi connectivity index (χ0n) is 12.8. The lowest BCUT2D eigenvalue weighted by Gasteiger charge is -2.31. The van der Waals surface area contributed by atoms with Crippen LogP contribution in [-0.4, -0.2) is 47.3 Å². The van der Waals surface area contributed by atoms with Crippen molar-refractivity contribution in [3.8, 4) is 0 Å². The van der Waals surface area contributed by atoms with E-state index in [1.807, 2.05) is 0 Å². The van der Waals surface area contributed by atoms with Gasteiger partial charge in [-0.15, -0.1) is 0 Å². The Hall–Kier alpha value is -1.87. The molecule has 0 radical (unpaired) electrons. The van der Waals surface area contributed by atoms with E-state index in [0.717, 1.165) is 12.8 Å². The fraction of sp³-hybridized carbons (Fsp3) is 0.571. The minimum absolute atomic E-state index is 0.0308. The van der Waals surface area contributed by atoms with Crippen LogP contribution in [0.15, 0.2) is 21.7 Å². The molecular formula is C14H18N4O4S. The predicted molar refractivity (Wildman–Crippen MR) is 82.4 cm³/mol. The van der Waals surface area contributed by atoms with Crippen molar-refractivity contribution in [3.63, 3.8) is 0 Å². The molecule has 1 aromatic rings. The second-order valence-corrected chi connectivity index (χ2v) is 7.70. The normalized spacial score (nSPS) is 25.9. The lowest BCUT2D eigenvalue weighted by molar-refractivity contribution is -0.118. The first-order chi connectivity index (χ1) is 11.0. The van der Waals surface area contributed by atoms with Crippen LogP contribution in [0.3, 0.4) is 0 Å². The predicted octanol–water partition coefficient (Wildman–Crippen LogP) is 1.20. The first kappa shape index (κ1) is 16.0. The summed E-state index contributed by atoms with van der Waals surface area (Å²) in [6.45, 7) is 2.06. The molecule has 8 nitrogen and oxygen atoms in total. The van der Waals surface area contributed by atoms with E-state index in [-0.39, 0.29) is 23.4 Å². The van der Waals surface area contributed by atoms with Crippen LogP contribution in [0, 0.1) is 0 Å². The van der Waals surface area contributed by atoms with Crippen LogP contribution in [0.5, 0.6) is 0 Å². The van der Waals surface area contributed by atoms with Crippen molar-refractivity contribution in [1.82, 2.24) is 14.4 Å². The van der Waals surface area contributed by atoms with Gasteiger partial charge in [-0.3, -0.25) is 4.79 Å². The highest BCUT2D eigenvalue weighted by molar-refractivity contribution is 7.89. The van der Waals surface area contributed by atoms with Crippen molar-refractivity contribution in [3.05, 3.63) is 23.9 Å². The Labute approximate surface area is 134 Å². The Balaban J connectivity index is 1.88. The van der Waals surface area contributed by atoms with Crippen LogP contribution in [-0.2, 0) is 14.8 Å². The number of hydrogen-bond donors (Lipinski definition) is 0. The van der Waals surface area contributed by atoms with E-state index < -0.39 is 22.0 Å². The second kappa shape index (κ2) is 6.32. The van der Waals surface area contributed by atoms with Crippen molar-refractivity contribution in [2.24, 2.45) is 4.99 Å². The molecule has 0 saturated carbocycles. The molecule has 9 heteroatoms. The van der Waals surface area contributed by atoms with Crippen molar-refractivity contribution in [2.75, 3.05) is 12.3 Å². The highest BCUT2D eigenvalue weighted by Crippen LogP contribution is 2.33. The van der Waals surface area contributed by atoms with Crippen LogP contribution in [0.25, 0.3) is 0 Å². The maximum absolute atomic E-state index is 12.3. The number of aliphatic imine (C=N–C) groups is 1. The molecule has 1 fully saturated rings. The summed E-state index contributed by atoms with van der Waals surface area (Å²) >= 11 is 0. The number of aromatic nitrogens is 2. The summed E-state index contributed by atoms with van der Waals surface area (Å²) in [6, 6.07) is -0.457. The topological polar surface area (TPSA) is 106 Å². The Morgan fingerprint density at radius 1 is 1.39 bits per heavy atom. The number of rotatable bonds is 4. The van der Waals surface area contributed by atoms with Gasteiger partial charge in [0.05, 0.1) is 5.75 Å². The van der Waals surface area contributed by atoms with Gasteiger partial charge >= 0.3 is 0 Å². The van der Waals surface area contributed by atoms with E-state index in [2.05, 4.69) is 15.1 Å². The van der Waals surface area contributed by atoms with Gasteiger partial charge in [0.2, 0.25) is 15.9 Å². The van der Waals surface area contributed by atoms with Crippen molar-refractivity contribution in [1.29, 1.82) is 0 Å². The third-order valence-electron chi connectivity index (χ3n) is 4.05. The van der Waals surface area contributed by atoms with Gasteiger partial charge in [-0.25, -0.2) is 13.4 Å². The molecule has 2 aliphatic heterocycles. The summed E-state index contributed by atoms with van der Waals surface area (Å²) in [5, 5.41) is 3.85. The summed E-state index contributed by atoms with van der Waals surface area (Å²) < 4.78 is 31.2. The van der Waals surface area contributed by atoms with E-state index in [0.29, 0.717) is 13.0 Å². The molecule has 0 N–H and O–H groups in total. The average molecular weight is 338 g/mol. The molecule has 3 heterocycles. The number of dihydropyridines is 1. The monoisotopic (exact) mass is 338 g/mol. The largest absolute Gasteiger partial charge is 0.338 e. The standard InChI is InChI=1S/C14H18N4O4S/c1-2-23(20,21)18-9-4-3-7-11(18)14-16-12(17-22-14)10-6-5-8-15-13(10)19/h5-6,8,10-11H,2-4,7,9H2,1H3/t10?,11-/m0/s1. The number of nitrogens with zero attached hydrogens (tertiary/aromatic N) is 4. The Morgan fingerprint density at radius 3 is 2.96 bits per heavy atom. The minimum atomic E-state index is -3.34. The molecule has 0 bridgehead atoms. The highest BCUT2D eigenvalue weighted by atomic mass is 32.2.